The van der Waals surface area contributed by atoms with E-state index in [1.54, 1.807) is 18.2 Å². The van der Waals surface area contributed by atoms with E-state index in [1.807, 2.05) is 6.07 Å². The Kier molecular flexibility index (Phi) is 4.27. The zero-order valence-corrected chi connectivity index (χ0v) is 10.5. The van der Waals surface area contributed by atoms with Crippen molar-refractivity contribution in [1.29, 1.82) is 0 Å². The molecule has 20 heavy (non-hydrogen) atoms. The van der Waals surface area contributed by atoms with Crippen LogP contribution in [0.5, 0.6) is 0 Å². The fourth-order valence-electron chi connectivity index (χ4n) is 1.50. The number of carbonyl (C=O) groups is 1. The molecule has 100 valence electrons. The number of benzene rings is 1. The smallest absolute Gasteiger partial charge is 0.275 e. The average molecular weight is 268 g/mol. The van der Waals surface area contributed by atoms with E-state index in [9.17, 15) is 9.59 Å². The number of nitrogens with one attached hydrogen (secondary N) is 2. The van der Waals surface area contributed by atoms with Gasteiger partial charge in [-0.25, -0.2) is 4.98 Å². The minimum Gasteiger partial charge on any atom is -0.325 e. The van der Waals surface area contributed by atoms with Gasteiger partial charge in [0, 0.05) is 11.8 Å². The Balaban J connectivity index is 2.23. The molecule has 0 aliphatic heterocycles. The first-order valence-electron chi connectivity index (χ1n) is 5.85. The number of nitrogens with two attached hydrogens (primary N) is 1. The van der Waals surface area contributed by atoms with Gasteiger partial charge in [-0.2, -0.15) is 0 Å². The molecule has 2 rings (SSSR count). The Morgan fingerprint density at radius 3 is 2.90 bits per heavy atom. The monoisotopic (exact) mass is 268 g/mol. The highest BCUT2D eigenvalue weighted by Gasteiger charge is 2.09. The van der Waals surface area contributed by atoms with Gasteiger partial charge in [0.15, 0.2) is 0 Å². The van der Waals surface area contributed by atoms with Gasteiger partial charge in [0.05, 0.1) is 18.4 Å². The maximum absolute atomic E-state index is 12.0. The Bertz CT molecular complexity index is 720. The molecule has 6 heteroatoms. The molecule has 0 aliphatic carbocycles. The van der Waals surface area contributed by atoms with Crippen LogP contribution >= 0.6 is 0 Å². The summed E-state index contributed by atoms with van der Waals surface area (Å²) in [7, 11) is 0. The van der Waals surface area contributed by atoms with Crippen molar-refractivity contribution in [3.05, 3.63) is 58.3 Å². The summed E-state index contributed by atoms with van der Waals surface area (Å²) in [5.74, 6) is 5.17. The predicted octanol–water partition coefficient (Wildman–Crippen LogP) is 0.332. The van der Waals surface area contributed by atoms with Gasteiger partial charge in [0.1, 0.15) is 5.69 Å². The highest BCUT2D eigenvalue weighted by atomic mass is 16.2. The quantitative estimate of drug-likeness (QED) is 0.683. The largest absolute Gasteiger partial charge is 0.325 e. The number of aromatic amines is 1. The van der Waals surface area contributed by atoms with Gasteiger partial charge in [-0.3, -0.25) is 9.59 Å². The standard InChI is InChI=1S/C14H12N4O2/c15-7-3-5-10-4-1-2-6-11(10)18-14(20)12-8-17-13(19)9-16-12/h1-2,4,6,8-9H,7,15H2,(H,17,19)(H,18,20). The Morgan fingerprint density at radius 1 is 1.40 bits per heavy atom. The fraction of sp³-hybridized carbons (Fsp3) is 0.0714. The second-order valence-corrected chi connectivity index (χ2v) is 3.80. The van der Waals surface area contributed by atoms with Crippen LogP contribution in [0.3, 0.4) is 0 Å². The van der Waals surface area contributed by atoms with Crippen molar-refractivity contribution in [2.45, 2.75) is 0 Å². The van der Waals surface area contributed by atoms with Crippen molar-refractivity contribution >= 4 is 11.6 Å². The number of amides is 1. The van der Waals surface area contributed by atoms with Gasteiger partial charge in [-0.15, -0.1) is 0 Å². The van der Waals surface area contributed by atoms with E-state index < -0.39 is 5.91 Å². The number of aromatic nitrogens is 2. The Labute approximate surface area is 115 Å². The summed E-state index contributed by atoms with van der Waals surface area (Å²) in [5.41, 5.74) is 6.30. The van der Waals surface area contributed by atoms with Crippen molar-refractivity contribution in [3.63, 3.8) is 0 Å². The third kappa shape index (κ3) is 3.31. The van der Waals surface area contributed by atoms with Crippen LogP contribution in [-0.4, -0.2) is 22.4 Å². The summed E-state index contributed by atoms with van der Waals surface area (Å²) in [6, 6.07) is 7.10. The third-order valence-electron chi connectivity index (χ3n) is 2.41. The highest BCUT2D eigenvalue weighted by Crippen LogP contribution is 2.14. The number of carbonyl (C=O) groups excluding carboxylic acids is 1. The summed E-state index contributed by atoms with van der Waals surface area (Å²) in [6.45, 7) is 0.240. The number of para-hydroxylation sites is 1. The molecular weight excluding hydrogens is 256 g/mol. The van der Waals surface area contributed by atoms with Crippen molar-refractivity contribution in [2.24, 2.45) is 5.73 Å². The molecule has 0 unspecified atom stereocenters. The van der Waals surface area contributed by atoms with Gasteiger partial charge in [-0.05, 0) is 12.1 Å². The van der Waals surface area contributed by atoms with Crippen molar-refractivity contribution in [2.75, 3.05) is 11.9 Å². The van der Waals surface area contributed by atoms with Crippen LogP contribution in [0, 0.1) is 11.8 Å². The van der Waals surface area contributed by atoms with E-state index in [4.69, 9.17) is 5.73 Å². The highest BCUT2D eigenvalue weighted by molar-refractivity contribution is 6.03. The molecule has 0 saturated heterocycles. The van der Waals surface area contributed by atoms with E-state index >= 15 is 0 Å². The minimum atomic E-state index is -0.428. The molecule has 0 bridgehead atoms. The van der Waals surface area contributed by atoms with E-state index in [1.165, 1.54) is 6.20 Å². The number of H-pyrrole nitrogens is 1. The van der Waals surface area contributed by atoms with E-state index in [2.05, 4.69) is 27.1 Å². The van der Waals surface area contributed by atoms with Gasteiger partial charge in [-0.1, -0.05) is 24.0 Å². The maximum Gasteiger partial charge on any atom is 0.275 e. The lowest BCUT2D eigenvalue weighted by Gasteiger charge is -2.06. The lowest BCUT2D eigenvalue weighted by atomic mass is 10.2. The Hall–Kier alpha value is -2.91. The summed E-state index contributed by atoms with van der Waals surface area (Å²) in [5, 5.41) is 2.69. The second-order valence-electron chi connectivity index (χ2n) is 3.80. The zero-order chi connectivity index (χ0) is 14.4. The minimum absolute atomic E-state index is 0.117. The number of hydrogen-bond donors (Lipinski definition) is 3. The number of rotatable bonds is 2. The molecule has 0 saturated carbocycles. The second kappa shape index (κ2) is 6.31. The molecule has 1 aromatic heterocycles. The average Bonchev–Trinajstić information content (AvgIpc) is 2.47. The molecule has 2 aromatic rings. The van der Waals surface area contributed by atoms with Gasteiger partial charge in [0.2, 0.25) is 0 Å². The summed E-state index contributed by atoms with van der Waals surface area (Å²) in [4.78, 5) is 29.0. The normalized spacial score (nSPS) is 9.45. The lowest BCUT2D eigenvalue weighted by molar-refractivity contribution is 0.102. The molecule has 6 nitrogen and oxygen atoms in total. The predicted molar refractivity (Wildman–Crippen MR) is 75.2 cm³/mol. The molecule has 4 N–H and O–H groups in total. The third-order valence-corrected chi connectivity index (χ3v) is 2.41. The van der Waals surface area contributed by atoms with Crippen LogP contribution in [0.2, 0.25) is 0 Å². The van der Waals surface area contributed by atoms with Crippen LogP contribution in [0.4, 0.5) is 5.69 Å². The molecule has 0 fully saturated rings. The van der Waals surface area contributed by atoms with Crippen molar-refractivity contribution < 1.29 is 4.79 Å². The Morgan fingerprint density at radius 2 is 2.20 bits per heavy atom. The van der Waals surface area contributed by atoms with Crippen LogP contribution in [0.15, 0.2) is 41.5 Å². The molecule has 1 aromatic carbocycles. The summed E-state index contributed by atoms with van der Waals surface area (Å²) < 4.78 is 0. The van der Waals surface area contributed by atoms with E-state index in [0.29, 0.717) is 11.3 Å². The molecule has 0 spiro atoms. The molecule has 1 amide bonds. The zero-order valence-electron chi connectivity index (χ0n) is 10.5. The fourth-order valence-corrected chi connectivity index (χ4v) is 1.50. The first-order valence-corrected chi connectivity index (χ1v) is 5.85. The molecule has 0 radical (unpaired) electrons. The van der Waals surface area contributed by atoms with E-state index in [0.717, 1.165) is 6.20 Å². The molecular formula is C14H12N4O2. The molecule has 0 aliphatic rings. The van der Waals surface area contributed by atoms with Gasteiger partial charge in [0.25, 0.3) is 11.5 Å². The van der Waals surface area contributed by atoms with Crippen molar-refractivity contribution in [1.82, 2.24) is 9.97 Å². The maximum atomic E-state index is 12.0. The number of hydrogen-bond acceptors (Lipinski definition) is 4. The first-order chi connectivity index (χ1) is 9.70. The van der Waals surface area contributed by atoms with Crippen LogP contribution in [0.25, 0.3) is 0 Å². The van der Waals surface area contributed by atoms with Gasteiger partial charge >= 0.3 is 0 Å². The molecule has 1 heterocycles. The molecule has 0 atom stereocenters. The summed E-state index contributed by atoms with van der Waals surface area (Å²) >= 11 is 0. The van der Waals surface area contributed by atoms with Crippen LogP contribution < -0.4 is 16.6 Å². The van der Waals surface area contributed by atoms with E-state index in [-0.39, 0.29) is 17.8 Å². The number of anilines is 1. The van der Waals surface area contributed by atoms with Crippen molar-refractivity contribution in [3.8, 4) is 11.8 Å². The van der Waals surface area contributed by atoms with Crippen LogP contribution in [0.1, 0.15) is 16.1 Å². The summed E-state index contributed by atoms with van der Waals surface area (Å²) in [6.07, 6.45) is 2.31. The topological polar surface area (TPSA) is 101 Å². The van der Waals surface area contributed by atoms with Gasteiger partial charge < -0.3 is 16.0 Å². The number of nitrogens with zero attached hydrogens (tertiary/aromatic N) is 1. The SMILES string of the molecule is NCC#Cc1ccccc1NC(=O)c1c[nH]c(=O)cn1. The van der Waals surface area contributed by atoms with Crippen LogP contribution in [-0.2, 0) is 0 Å². The lowest BCUT2D eigenvalue weighted by Crippen LogP contribution is -2.17. The first kappa shape index (κ1) is 13.5.